The van der Waals surface area contributed by atoms with Crippen LogP contribution >= 0.6 is 0 Å². The number of aromatic nitrogens is 1. The van der Waals surface area contributed by atoms with Gasteiger partial charge >= 0.3 is 0 Å². The first kappa shape index (κ1) is 15.5. The highest BCUT2D eigenvalue weighted by Crippen LogP contribution is 2.23. The van der Waals surface area contributed by atoms with Crippen molar-refractivity contribution in [2.24, 2.45) is 5.92 Å². The maximum Gasteiger partial charge on any atom is 0.0888 e. The Bertz CT molecular complexity index is 375. The van der Waals surface area contributed by atoms with E-state index in [0.29, 0.717) is 6.61 Å². The number of ether oxygens (including phenoxy) is 1. The Kier molecular flexibility index (Phi) is 7.02. The van der Waals surface area contributed by atoms with Crippen LogP contribution in [-0.4, -0.2) is 18.1 Å². The van der Waals surface area contributed by atoms with Crippen molar-refractivity contribution in [3.63, 3.8) is 0 Å². The Hall–Kier alpha value is -0.930. The molecule has 1 fully saturated rings. The topological polar surface area (TPSA) is 34.1 Å². The summed E-state index contributed by atoms with van der Waals surface area (Å²) in [7, 11) is 0. The van der Waals surface area contributed by atoms with Crippen LogP contribution in [0, 0.1) is 5.92 Å². The Morgan fingerprint density at radius 2 is 2.00 bits per heavy atom. The number of nitrogens with one attached hydrogen (secondary N) is 1. The first-order valence-electron chi connectivity index (χ1n) is 8.11. The lowest BCUT2D eigenvalue weighted by Gasteiger charge is -2.21. The molecule has 0 radical (unpaired) electrons. The van der Waals surface area contributed by atoms with Gasteiger partial charge < -0.3 is 10.1 Å². The zero-order valence-electron chi connectivity index (χ0n) is 12.7. The summed E-state index contributed by atoms with van der Waals surface area (Å²) in [6.07, 6.45) is 8.01. The average molecular weight is 276 g/mol. The van der Waals surface area contributed by atoms with Crippen molar-refractivity contribution in [3.05, 3.63) is 29.6 Å². The molecule has 0 atom stereocenters. The van der Waals surface area contributed by atoms with Gasteiger partial charge in [0, 0.05) is 13.2 Å². The van der Waals surface area contributed by atoms with Crippen LogP contribution in [0.3, 0.4) is 0 Å². The normalized spacial score (nSPS) is 16.4. The van der Waals surface area contributed by atoms with E-state index >= 15 is 0 Å². The van der Waals surface area contributed by atoms with Crippen molar-refractivity contribution >= 4 is 0 Å². The van der Waals surface area contributed by atoms with Crippen LogP contribution < -0.4 is 5.32 Å². The molecule has 0 aromatic carbocycles. The number of hydrogen-bond donors (Lipinski definition) is 1. The van der Waals surface area contributed by atoms with Crippen molar-refractivity contribution in [2.75, 3.05) is 13.2 Å². The summed E-state index contributed by atoms with van der Waals surface area (Å²) in [5.74, 6) is 0.776. The van der Waals surface area contributed by atoms with E-state index in [-0.39, 0.29) is 0 Å². The average Bonchev–Trinajstić information content (AvgIpc) is 2.49. The fourth-order valence-corrected chi connectivity index (χ4v) is 2.79. The summed E-state index contributed by atoms with van der Waals surface area (Å²) in [6.45, 7) is 5.63. The van der Waals surface area contributed by atoms with E-state index in [1.807, 2.05) is 0 Å². The van der Waals surface area contributed by atoms with Crippen molar-refractivity contribution in [1.29, 1.82) is 0 Å². The van der Waals surface area contributed by atoms with E-state index in [0.717, 1.165) is 43.4 Å². The van der Waals surface area contributed by atoms with E-state index in [2.05, 4.69) is 35.4 Å². The molecule has 1 heterocycles. The molecule has 1 aliphatic rings. The van der Waals surface area contributed by atoms with Crippen LogP contribution in [0.2, 0.25) is 0 Å². The second-order valence-electron chi connectivity index (χ2n) is 5.82. The highest BCUT2D eigenvalue weighted by atomic mass is 16.5. The minimum atomic E-state index is 0.651. The molecule has 3 nitrogen and oxygen atoms in total. The van der Waals surface area contributed by atoms with Crippen LogP contribution in [0.5, 0.6) is 0 Å². The fourth-order valence-electron chi connectivity index (χ4n) is 2.79. The number of nitrogens with zero attached hydrogens (tertiary/aromatic N) is 1. The predicted octanol–water partition coefficient (Wildman–Crippen LogP) is 3.68. The summed E-state index contributed by atoms with van der Waals surface area (Å²) >= 11 is 0. The zero-order valence-corrected chi connectivity index (χ0v) is 12.7. The van der Waals surface area contributed by atoms with Crippen LogP contribution in [0.15, 0.2) is 18.2 Å². The quantitative estimate of drug-likeness (QED) is 0.735. The molecule has 3 heteroatoms. The molecule has 0 bridgehead atoms. The molecule has 0 aliphatic heterocycles. The maximum atomic E-state index is 5.86. The molecule has 1 aromatic heterocycles. The Morgan fingerprint density at radius 3 is 2.80 bits per heavy atom. The second-order valence-corrected chi connectivity index (χ2v) is 5.82. The molecular formula is C17H28N2O. The Morgan fingerprint density at radius 1 is 1.20 bits per heavy atom. The Labute approximate surface area is 123 Å². The molecule has 0 saturated heterocycles. The van der Waals surface area contributed by atoms with E-state index in [1.165, 1.54) is 32.1 Å². The third-order valence-electron chi connectivity index (χ3n) is 3.93. The van der Waals surface area contributed by atoms with Gasteiger partial charge in [-0.1, -0.05) is 32.3 Å². The van der Waals surface area contributed by atoms with Gasteiger partial charge in [-0.15, -0.1) is 0 Å². The van der Waals surface area contributed by atoms with Crippen LogP contribution in [-0.2, 0) is 17.9 Å². The monoisotopic (exact) mass is 276 g/mol. The molecule has 0 spiro atoms. The van der Waals surface area contributed by atoms with Gasteiger partial charge in [-0.3, -0.25) is 4.98 Å². The number of rotatable bonds is 8. The molecule has 0 amide bonds. The summed E-state index contributed by atoms with van der Waals surface area (Å²) in [5.41, 5.74) is 2.16. The van der Waals surface area contributed by atoms with Gasteiger partial charge in [-0.05, 0) is 43.9 Å². The standard InChI is InChI=1S/C17H28N2O/c1-2-11-18-12-16-9-6-10-17(19-16)14-20-13-15-7-4-3-5-8-15/h6,9-10,15,18H,2-5,7-8,11-14H2,1H3. The lowest BCUT2D eigenvalue weighted by atomic mass is 9.90. The fraction of sp³-hybridized carbons (Fsp3) is 0.706. The number of pyridine rings is 1. The van der Waals surface area contributed by atoms with E-state index < -0.39 is 0 Å². The Balaban J connectivity index is 1.70. The highest BCUT2D eigenvalue weighted by Gasteiger charge is 2.13. The summed E-state index contributed by atoms with van der Waals surface area (Å²) in [4.78, 5) is 4.64. The molecule has 112 valence electrons. The first-order valence-corrected chi connectivity index (χ1v) is 8.11. The van der Waals surface area contributed by atoms with Crippen LogP contribution in [0.25, 0.3) is 0 Å². The molecule has 2 rings (SSSR count). The van der Waals surface area contributed by atoms with Gasteiger partial charge in [0.15, 0.2) is 0 Å². The SMILES string of the molecule is CCCNCc1cccc(COCC2CCCCC2)n1. The molecule has 20 heavy (non-hydrogen) atoms. The third kappa shape index (κ3) is 5.59. The molecule has 1 aromatic rings. The minimum Gasteiger partial charge on any atom is -0.375 e. The molecule has 1 N–H and O–H groups in total. The molecule has 1 aliphatic carbocycles. The summed E-state index contributed by atoms with van der Waals surface area (Å²) < 4.78 is 5.86. The molecule has 1 saturated carbocycles. The van der Waals surface area contributed by atoms with Crippen molar-refractivity contribution < 1.29 is 4.74 Å². The van der Waals surface area contributed by atoms with E-state index in [1.54, 1.807) is 0 Å². The van der Waals surface area contributed by atoms with Crippen molar-refractivity contribution in [2.45, 2.75) is 58.6 Å². The zero-order chi connectivity index (χ0) is 14.0. The lowest BCUT2D eigenvalue weighted by molar-refractivity contribution is 0.0719. The van der Waals surface area contributed by atoms with Gasteiger partial charge in [0.25, 0.3) is 0 Å². The predicted molar refractivity (Wildman–Crippen MR) is 82.5 cm³/mol. The van der Waals surface area contributed by atoms with Gasteiger partial charge in [-0.25, -0.2) is 0 Å². The third-order valence-corrected chi connectivity index (χ3v) is 3.93. The number of hydrogen-bond acceptors (Lipinski definition) is 3. The van der Waals surface area contributed by atoms with Crippen molar-refractivity contribution in [3.8, 4) is 0 Å². The summed E-state index contributed by atoms with van der Waals surface area (Å²) in [6, 6.07) is 6.22. The van der Waals surface area contributed by atoms with Gasteiger partial charge in [0.2, 0.25) is 0 Å². The van der Waals surface area contributed by atoms with Gasteiger partial charge in [-0.2, -0.15) is 0 Å². The summed E-state index contributed by atoms with van der Waals surface area (Å²) in [5, 5.41) is 3.38. The lowest BCUT2D eigenvalue weighted by Crippen LogP contribution is -2.16. The second kappa shape index (κ2) is 9.09. The van der Waals surface area contributed by atoms with E-state index in [9.17, 15) is 0 Å². The van der Waals surface area contributed by atoms with Gasteiger partial charge in [0.1, 0.15) is 0 Å². The van der Waals surface area contributed by atoms with Crippen molar-refractivity contribution in [1.82, 2.24) is 10.3 Å². The van der Waals surface area contributed by atoms with Crippen LogP contribution in [0.4, 0.5) is 0 Å². The highest BCUT2D eigenvalue weighted by molar-refractivity contribution is 5.10. The van der Waals surface area contributed by atoms with Gasteiger partial charge in [0.05, 0.1) is 18.0 Å². The maximum absolute atomic E-state index is 5.86. The largest absolute Gasteiger partial charge is 0.375 e. The molecular weight excluding hydrogens is 248 g/mol. The minimum absolute atomic E-state index is 0.651. The first-order chi connectivity index (χ1) is 9.88. The van der Waals surface area contributed by atoms with E-state index in [4.69, 9.17) is 4.74 Å². The smallest absolute Gasteiger partial charge is 0.0888 e. The van der Waals surface area contributed by atoms with Crippen LogP contribution in [0.1, 0.15) is 56.8 Å². The molecule has 0 unspecified atom stereocenters.